The summed E-state index contributed by atoms with van der Waals surface area (Å²) in [6.45, 7) is 6.40. The second kappa shape index (κ2) is 6.01. The third-order valence-corrected chi connectivity index (χ3v) is 2.84. The molecule has 0 saturated carbocycles. The van der Waals surface area contributed by atoms with Crippen LogP contribution in [0.4, 0.5) is 0 Å². The van der Waals surface area contributed by atoms with Gasteiger partial charge in [-0.1, -0.05) is 33.6 Å². The van der Waals surface area contributed by atoms with Crippen LogP contribution >= 0.6 is 0 Å². The summed E-state index contributed by atoms with van der Waals surface area (Å²) >= 11 is 0. The Labute approximate surface area is 82.1 Å². The summed E-state index contributed by atoms with van der Waals surface area (Å²) in [4.78, 5) is 11.7. The van der Waals surface area contributed by atoms with E-state index >= 15 is 0 Å². The van der Waals surface area contributed by atoms with Gasteiger partial charge < -0.3 is 5.32 Å². The summed E-state index contributed by atoms with van der Waals surface area (Å²) < 4.78 is 0. The number of hydrogen-bond acceptors (Lipinski definition) is 1. The van der Waals surface area contributed by atoms with Crippen LogP contribution in [0.2, 0.25) is 0 Å². The van der Waals surface area contributed by atoms with Gasteiger partial charge in [-0.3, -0.25) is 4.79 Å². The first-order valence-corrected chi connectivity index (χ1v) is 5.39. The smallest absolute Gasteiger partial charge is 0.225 e. The van der Waals surface area contributed by atoms with Crippen molar-refractivity contribution in [2.45, 2.75) is 52.9 Å². The van der Waals surface area contributed by atoms with E-state index in [1.54, 1.807) is 7.05 Å². The quantitative estimate of drug-likeness (QED) is 0.677. The van der Waals surface area contributed by atoms with Crippen molar-refractivity contribution in [2.75, 3.05) is 7.05 Å². The zero-order valence-corrected chi connectivity index (χ0v) is 9.44. The molecule has 1 amide bonds. The van der Waals surface area contributed by atoms with Gasteiger partial charge in [-0.25, -0.2) is 0 Å². The van der Waals surface area contributed by atoms with Gasteiger partial charge in [0.15, 0.2) is 0 Å². The van der Waals surface area contributed by atoms with Crippen molar-refractivity contribution >= 4 is 5.91 Å². The van der Waals surface area contributed by atoms with E-state index in [9.17, 15) is 4.79 Å². The van der Waals surface area contributed by atoms with Gasteiger partial charge in [0.1, 0.15) is 0 Å². The van der Waals surface area contributed by atoms with Gasteiger partial charge in [0.05, 0.1) is 0 Å². The van der Waals surface area contributed by atoms with Crippen molar-refractivity contribution in [1.82, 2.24) is 5.32 Å². The SMILES string of the molecule is CCCC(CC)(CCC)C(=O)NC. The molecule has 1 N–H and O–H groups in total. The van der Waals surface area contributed by atoms with Crippen LogP contribution in [0.1, 0.15) is 52.9 Å². The second-order valence-corrected chi connectivity index (χ2v) is 3.71. The summed E-state index contributed by atoms with van der Waals surface area (Å²) in [5.41, 5.74) is -0.0990. The van der Waals surface area contributed by atoms with Gasteiger partial charge in [0.2, 0.25) is 5.91 Å². The van der Waals surface area contributed by atoms with E-state index in [1.807, 2.05) is 0 Å². The third kappa shape index (κ3) is 3.02. The zero-order valence-electron chi connectivity index (χ0n) is 9.44. The standard InChI is InChI=1S/C11H23NO/c1-5-8-11(7-3,9-6-2)10(13)12-4/h5-9H2,1-4H3,(H,12,13). The number of nitrogens with one attached hydrogen (secondary N) is 1. The van der Waals surface area contributed by atoms with Crippen molar-refractivity contribution in [1.29, 1.82) is 0 Å². The van der Waals surface area contributed by atoms with Crippen molar-refractivity contribution in [3.05, 3.63) is 0 Å². The fourth-order valence-electron chi connectivity index (χ4n) is 2.09. The first kappa shape index (κ1) is 12.5. The van der Waals surface area contributed by atoms with Gasteiger partial charge in [-0.15, -0.1) is 0 Å². The van der Waals surface area contributed by atoms with Crippen LogP contribution in [0.5, 0.6) is 0 Å². The van der Waals surface area contributed by atoms with Crippen molar-refractivity contribution < 1.29 is 4.79 Å². The minimum absolute atomic E-state index is 0.0990. The van der Waals surface area contributed by atoms with Gasteiger partial charge in [-0.05, 0) is 19.3 Å². The highest BCUT2D eigenvalue weighted by Crippen LogP contribution is 2.33. The van der Waals surface area contributed by atoms with Gasteiger partial charge >= 0.3 is 0 Å². The number of hydrogen-bond donors (Lipinski definition) is 1. The predicted octanol–water partition coefficient (Wildman–Crippen LogP) is 2.73. The molecule has 78 valence electrons. The minimum Gasteiger partial charge on any atom is -0.359 e. The molecule has 0 fully saturated rings. The maximum absolute atomic E-state index is 11.7. The maximum atomic E-state index is 11.7. The van der Waals surface area contributed by atoms with Crippen molar-refractivity contribution in [2.24, 2.45) is 5.41 Å². The number of carbonyl (C=O) groups is 1. The number of amides is 1. The van der Waals surface area contributed by atoms with E-state index in [0.29, 0.717) is 0 Å². The number of carbonyl (C=O) groups excluding carboxylic acids is 1. The molecule has 0 aromatic rings. The van der Waals surface area contributed by atoms with Crippen LogP contribution in [0.25, 0.3) is 0 Å². The van der Waals surface area contributed by atoms with Crippen LogP contribution in [0, 0.1) is 5.41 Å². The van der Waals surface area contributed by atoms with Crippen LogP contribution in [-0.2, 0) is 4.79 Å². The number of rotatable bonds is 6. The van der Waals surface area contributed by atoms with Gasteiger partial charge in [-0.2, -0.15) is 0 Å². The topological polar surface area (TPSA) is 29.1 Å². The first-order chi connectivity index (χ1) is 6.16. The molecule has 0 spiro atoms. The normalized spacial score (nSPS) is 11.4. The summed E-state index contributed by atoms with van der Waals surface area (Å²) in [5.74, 6) is 0.221. The monoisotopic (exact) mass is 185 g/mol. The first-order valence-electron chi connectivity index (χ1n) is 5.39. The maximum Gasteiger partial charge on any atom is 0.225 e. The fraction of sp³-hybridized carbons (Fsp3) is 0.909. The molecule has 0 aliphatic rings. The molecule has 2 nitrogen and oxygen atoms in total. The molecule has 0 saturated heterocycles. The molecule has 0 radical (unpaired) electrons. The molecule has 0 aromatic carbocycles. The van der Waals surface area contributed by atoms with E-state index in [1.165, 1.54) is 0 Å². The van der Waals surface area contributed by atoms with Gasteiger partial charge in [0.25, 0.3) is 0 Å². The Balaban J connectivity index is 4.52. The average Bonchev–Trinajstić information content (AvgIpc) is 2.16. The Kier molecular flexibility index (Phi) is 5.76. The van der Waals surface area contributed by atoms with Crippen LogP contribution in [0.15, 0.2) is 0 Å². The highest BCUT2D eigenvalue weighted by molar-refractivity contribution is 5.82. The summed E-state index contributed by atoms with van der Waals surface area (Å²) in [6, 6.07) is 0. The Morgan fingerprint density at radius 2 is 1.62 bits per heavy atom. The Hall–Kier alpha value is -0.530. The summed E-state index contributed by atoms with van der Waals surface area (Å²) in [7, 11) is 1.73. The molecule has 0 aliphatic heterocycles. The Bertz CT molecular complexity index is 148. The van der Waals surface area contributed by atoms with E-state index in [-0.39, 0.29) is 11.3 Å². The van der Waals surface area contributed by atoms with E-state index in [0.717, 1.165) is 32.1 Å². The zero-order chi connectivity index (χ0) is 10.3. The fourth-order valence-corrected chi connectivity index (χ4v) is 2.09. The lowest BCUT2D eigenvalue weighted by molar-refractivity contribution is -0.131. The minimum atomic E-state index is -0.0990. The molecule has 0 bridgehead atoms. The molecule has 0 atom stereocenters. The lowest BCUT2D eigenvalue weighted by Gasteiger charge is -2.30. The molecular weight excluding hydrogens is 162 g/mol. The summed E-state index contributed by atoms with van der Waals surface area (Å²) in [5, 5.41) is 2.79. The molecule has 0 unspecified atom stereocenters. The molecule has 0 aliphatic carbocycles. The molecule has 13 heavy (non-hydrogen) atoms. The lowest BCUT2D eigenvalue weighted by Crippen LogP contribution is -2.38. The second-order valence-electron chi connectivity index (χ2n) is 3.71. The van der Waals surface area contributed by atoms with E-state index in [4.69, 9.17) is 0 Å². The largest absolute Gasteiger partial charge is 0.359 e. The predicted molar refractivity (Wildman–Crippen MR) is 56.6 cm³/mol. The van der Waals surface area contributed by atoms with E-state index in [2.05, 4.69) is 26.1 Å². The lowest BCUT2D eigenvalue weighted by atomic mass is 9.76. The van der Waals surface area contributed by atoms with E-state index < -0.39 is 0 Å². The summed E-state index contributed by atoms with van der Waals surface area (Å²) in [6.07, 6.45) is 5.14. The molecule has 0 heterocycles. The van der Waals surface area contributed by atoms with Crippen LogP contribution in [0.3, 0.4) is 0 Å². The van der Waals surface area contributed by atoms with Crippen molar-refractivity contribution in [3.8, 4) is 0 Å². The van der Waals surface area contributed by atoms with Crippen molar-refractivity contribution in [3.63, 3.8) is 0 Å². The highest BCUT2D eigenvalue weighted by atomic mass is 16.2. The molecule has 0 rings (SSSR count). The van der Waals surface area contributed by atoms with Gasteiger partial charge in [0, 0.05) is 12.5 Å². The third-order valence-electron chi connectivity index (χ3n) is 2.84. The Morgan fingerprint density at radius 1 is 1.15 bits per heavy atom. The average molecular weight is 185 g/mol. The molecule has 0 aromatic heterocycles. The highest BCUT2D eigenvalue weighted by Gasteiger charge is 2.33. The molecular formula is C11H23NO. The molecule has 2 heteroatoms. The van der Waals surface area contributed by atoms with Crippen LogP contribution < -0.4 is 5.32 Å². The Morgan fingerprint density at radius 3 is 1.85 bits per heavy atom. The van der Waals surface area contributed by atoms with Crippen LogP contribution in [-0.4, -0.2) is 13.0 Å².